The summed E-state index contributed by atoms with van der Waals surface area (Å²) in [7, 11) is 0. The van der Waals surface area contributed by atoms with Crippen molar-refractivity contribution in [2.75, 3.05) is 13.1 Å². The molecule has 0 aromatic rings. The molecule has 4 heteroatoms. The minimum Gasteiger partial charge on any atom is -0.379 e. The lowest BCUT2D eigenvalue weighted by Crippen LogP contribution is -2.49. The SMILES string of the molecule is CCNC(=O)[C@](C)(O)CN. The Bertz CT molecular complexity index is 123. The van der Waals surface area contributed by atoms with E-state index in [1.165, 1.54) is 6.92 Å². The first-order valence-electron chi connectivity index (χ1n) is 3.25. The highest BCUT2D eigenvalue weighted by atomic mass is 16.3. The quantitative estimate of drug-likeness (QED) is 0.469. The van der Waals surface area contributed by atoms with Crippen LogP contribution in [0.3, 0.4) is 0 Å². The van der Waals surface area contributed by atoms with E-state index in [4.69, 9.17) is 5.73 Å². The lowest BCUT2D eigenvalue weighted by molar-refractivity contribution is -0.136. The fourth-order valence-electron chi connectivity index (χ4n) is 0.444. The van der Waals surface area contributed by atoms with Gasteiger partial charge in [0.05, 0.1) is 0 Å². The van der Waals surface area contributed by atoms with Crippen molar-refractivity contribution in [3.05, 3.63) is 0 Å². The molecule has 0 aromatic heterocycles. The number of nitrogens with one attached hydrogen (secondary N) is 1. The van der Waals surface area contributed by atoms with Crippen molar-refractivity contribution < 1.29 is 9.90 Å². The summed E-state index contributed by atoms with van der Waals surface area (Å²) in [5.41, 5.74) is 3.71. The molecule has 0 bridgehead atoms. The van der Waals surface area contributed by atoms with Crippen LogP contribution in [0.5, 0.6) is 0 Å². The Balaban J connectivity index is 3.91. The zero-order chi connectivity index (χ0) is 8.20. The average molecular weight is 146 g/mol. The molecule has 10 heavy (non-hydrogen) atoms. The molecule has 60 valence electrons. The van der Waals surface area contributed by atoms with Crippen LogP contribution in [0.4, 0.5) is 0 Å². The van der Waals surface area contributed by atoms with Crippen molar-refractivity contribution in [2.24, 2.45) is 5.73 Å². The summed E-state index contributed by atoms with van der Waals surface area (Å²) in [6.07, 6.45) is 0. The molecular weight excluding hydrogens is 132 g/mol. The van der Waals surface area contributed by atoms with Crippen LogP contribution >= 0.6 is 0 Å². The number of likely N-dealkylation sites (N-methyl/N-ethyl adjacent to an activating group) is 1. The topological polar surface area (TPSA) is 75.3 Å². The lowest BCUT2D eigenvalue weighted by atomic mass is 10.1. The maximum absolute atomic E-state index is 10.9. The highest BCUT2D eigenvalue weighted by Crippen LogP contribution is 1.98. The summed E-state index contributed by atoms with van der Waals surface area (Å²) in [4.78, 5) is 10.9. The third-order valence-electron chi connectivity index (χ3n) is 1.22. The van der Waals surface area contributed by atoms with E-state index in [0.717, 1.165) is 0 Å². The van der Waals surface area contributed by atoms with E-state index < -0.39 is 11.5 Å². The van der Waals surface area contributed by atoms with Crippen molar-refractivity contribution in [3.8, 4) is 0 Å². The first-order valence-corrected chi connectivity index (χ1v) is 3.25. The molecule has 0 unspecified atom stereocenters. The van der Waals surface area contributed by atoms with E-state index in [9.17, 15) is 9.90 Å². The third kappa shape index (κ3) is 2.33. The molecule has 0 aliphatic heterocycles. The number of hydrogen-bond acceptors (Lipinski definition) is 3. The zero-order valence-corrected chi connectivity index (χ0v) is 6.35. The zero-order valence-electron chi connectivity index (χ0n) is 6.35. The summed E-state index contributed by atoms with van der Waals surface area (Å²) >= 11 is 0. The van der Waals surface area contributed by atoms with Crippen molar-refractivity contribution in [1.29, 1.82) is 0 Å². The Hall–Kier alpha value is -0.610. The Morgan fingerprint density at radius 1 is 1.80 bits per heavy atom. The van der Waals surface area contributed by atoms with Crippen molar-refractivity contribution >= 4 is 5.91 Å². The van der Waals surface area contributed by atoms with E-state index in [1.807, 2.05) is 0 Å². The van der Waals surface area contributed by atoms with E-state index in [1.54, 1.807) is 6.92 Å². The first-order chi connectivity index (χ1) is 4.54. The van der Waals surface area contributed by atoms with E-state index >= 15 is 0 Å². The summed E-state index contributed by atoms with van der Waals surface area (Å²) < 4.78 is 0. The van der Waals surface area contributed by atoms with Gasteiger partial charge in [-0.2, -0.15) is 0 Å². The lowest BCUT2D eigenvalue weighted by Gasteiger charge is -2.18. The van der Waals surface area contributed by atoms with Crippen LogP contribution in [-0.4, -0.2) is 29.7 Å². The number of amides is 1. The average Bonchev–Trinajstić information content (AvgIpc) is 1.89. The monoisotopic (exact) mass is 146 g/mol. The number of aliphatic hydroxyl groups is 1. The molecule has 4 nitrogen and oxygen atoms in total. The summed E-state index contributed by atoms with van der Waals surface area (Å²) in [6.45, 7) is 3.62. The van der Waals surface area contributed by atoms with Crippen LogP contribution in [0.1, 0.15) is 13.8 Å². The van der Waals surface area contributed by atoms with Gasteiger partial charge in [0.15, 0.2) is 5.60 Å². The second-order valence-corrected chi connectivity index (χ2v) is 2.34. The minimum absolute atomic E-state index is 0.0567. The van der Waals surface area contributed by atoms with Crippen LogP contribution in [-0.2, 0) is 4.79 Å². The summed E-state index contributed by atoms with van der Waals surface area (Å²) in [6, 6.07) is 0. The Morgan fingerprint density at radius 2 is 2.30 bits per heavy atom. The Kier molecular flexibility index (Phi) is 3.32. The van der Waals surface area contributed by atoms with Gasteiger partial charge in [0.25, 0.3) is 5.91 Å². The van der Waals surface area contributed by atoms with Gasteiger partial charge in [-0.1, -0.05) is 0 Å². The highest BCUT2D eigenvalue weighted by Gasteiger charge is 2.27. The standard InChI is InChI=1S/C6H14N2O2/c1-3-8-5(9)6(2,10)4-7/h10H,3-4,7H2,1-2H3,(H,8,9)/t6-/m1/s1. The molecule has 0 radical (unpaired) electrons. The van der Waals surface area contributed by atoms with Crippen molar-refractivity contribution in [2.45, 2.75) is 19.4 Å². The van der Waals surface area contributed by atoms with Gasteiger partial charge < -0.3 is 16.2 Å². The molecule has 0 fully saturated rings. The van der Waals surface area contributed by atoms with Gasteiger partial charge in [0.1, 0.15) is 0 Å². The van der Waals surface area contributed by atoms with E-state index in [0.29, 0.717) is 6.54 Å². The number of nitrogens with two attached hydrogens (primary N) is 1. The molecule has 0 aliphatic rings. The summed E-state index contributed by atoms with van der Waals surface area (Å²) in [5, 5.41) is 11.7. The number of carbonyl (C=O) groups is 1. The fraction of sp³-hybridized carbons (Fsp3) is 0.833. The van der Waals surface area contributed by atoms with E-state index in [-0.39, 0.29) is 6.54 Å². The Morgan fingerprint density at radius 3 is 2.60 bits per heavy atom. The van der Waals surface area contributed by atoms with Gasteiger partial charge in [-0.05, 0) is 13.8 Å². The van der Waals surface area contributed by atoms with Crippen LogP contribution in [0.25, 0.3) is 0 Å². The van der Waals surface area contributed by atoms with Crippen LogP contribution in [0, 0.1) is 0 Å². The highest BCUT2D eigenvalue weighted by molar-refractivity contribution is 5.84. The first kappa shape index (κ1) is 9.39. The Labute approximate surface area is 60.4 Å². The maximum atomic E-state index is 10.9. The predicted octanol–water partition coefficient (Wildman–Crippen LogP) is -1.17. The van der Waals surface area contributed by atoms with Gasteiger partial charge in [0, 0.05) is 13.1 Å². The third-order valence-corrected chi connectivity index (χ3v) is 1.22. The largest absolute Gasteiger partial charge is 0.379 e. The van der Waals surface area contributed by atoms with Gasteiger partial charge in [-0.3, -0.25) is 4.79 Å². The van der Waals surface area contributed by atoms with Crippen LogP contribution < -0.4 is 11.1 Å². The number of hydrogen-bond donors (Lipinski definition) is 3. The van der Waals surface area contributed by atoms with Gasteiger partial charge in [-0.15, -0.1) is 0 Å². The van der Waals surface area contributed by atoms with Crippen molar-refractivity contribution in [1.82, 2.24) is 5.32 Å². The molecule has 0 aliphatic carbocycles. The number of rotatable bonds is 3. The normalized spacial score (nSPS) is 16.0. The van der Waals surface area contributed by atoms with Gasteiger partial charge in [0.2, 0.25) is 0 Å². The molecule has 0 aromatic carbocycles. The molecule has 0 saturated heterocycles. The molecule has 0 saturated carbocycles. The molecular formula is C6H14N2O2. The second kappa shape index (κ2) is 3.53. The van der Waals surface area contributed by atoms with Gasteiger partial charge >= 0.3 is 0 Å². The molecule has 4 N–H and O–H groups in total. The minimum atomic E-state index is -1.42. The van der Waals surface area contributed by atoms with E-state index in [2.05, 4.69) is 5.32 Å². The molecule has 1 atom stereocenters. The smallest absolute Gasteiger partial charge is 0.252 e. The van der Waals surface area contributed by atoms with Crippen LogP contribution in [0.15, 0.2) is 0 Å². The predicted molar refractivity (Wildman–Crippen MR) is 38.4 cm³/mol. The molecule has 0 heterocycles. The summed E-state index contributed by atoms with van der Waals surface area (Å²) in [5.74, 6) is -0.419. The second-order valence-electron chi connectivity index (χ2n) is 2.34. The number of carbonyl (C=O) groups excluding carboxylic acids is 1. The molecule has 0 rings (SSSR count). The van der Waals surface area contributed by atoms with Crippen LogP contribution in [0.2, 0.25) is 0 Å². The van der Waals surface area contributed by atoms with Gasteiger partial charge in [-0.25, -0.2) is 0 Å². The molecule has 1 amide bonds. The van der Waals surface area contributed by atoms with Crippen molar-refractivity contribution in [3.63, 3.8) is 0 Å². The molecule has 0 spiro atoms. The maximum Gasteiger partial charge on any atom is 0.252 e. The fourth-order valence-corrected chi connectivity index (χ4v) is 0.444.